The van der Waals surface area contributed by atoms with E-state index in [1.807, 2.05) is 50.2 Å². The van der Waals surface area contributed by atoms with Crippen LogP contribution >= 0.6 is 11.8 Å². The molecule has 0 N–H and O–H groups in total. The van der Waals surface area contributed by atoms with Gasteiger partial charge in [-0.05, 0) is 37.1 Å². The van der Waals surface area contributed by atoms with E-state index < -0.39 is 0 Å². The minimum atomic E-state index is -0.387. The van der Waals surface area contributed by atoms with Gasteiger partial charge in [0.05, 0.1) is 16.6 Å². The molecule has 0 aliphatic heterocycles. The summed E-state index contributed by atoms with van der Waals surface area (Å²) in [7, 11) is 3.08. The Hall–Kier alpha value is -3.39. The average molecular weight is 435 g/mol. The maximum Gasteiger partial charge on any atom is 0.330 e. The Morgan fingerprint density at radius 3 is 2.29 bits per heavy atom. The molecular weight excluding hydrogens is 412 g/mol. The first-order valence-electron chi connectivity index (χ1n) is 9.76. The van der Waals surface area contributed by atoms with Gasteiger partial charge in [-0.15, -0.1) is 0 Å². The molecule has 31 heavy (non-hydrogen) atoms. The summed E-state index contributed by atoms with van der Waals surface area (Å²) in [5, 5.41) is 1.05. The third-order valence-electron chi connectivity index (χ3n) is 5.38. The third kappa shape index (κ3) is 3.63. The Morgan fingerprint density at radius 1 is 0.903 bits per heavy atom. The minimum absolute atomic E-state index is 0.150. The van der Waals surface area contributed by atoms with Crippen molar-refractivity contribution < 1.29 is 0 Å². The minimum Gasteiger partial charge on any atom is -0.300 e. The summed E-state index contributed by atoms with van der Waals surface area (Å²) in [6.07, 6.45) is 0. The first kappa shape index (κ1) is 20.9. The fourth-order valence-electron chi connectivity index (χ4n) is 3.62. The third-order valence-corrected chi connectivity index (χ3v) is 6.35. The molecule has 0 aliphatic rings. The summed E-state index contributed by atoms with van der Waals surface area (Å²) in [4.78, 5) is 42.6. The highest BCUT2D eigenvalue weighted by Crippen LogP contribution is 2.27. The van der Waals surface area contributed by atoms with Crippen LogP contribution in [0.5, 0.6) is 0 Å². The quantitative estimate of drug-likeness (QED) is 0.365. The van der Waals surface area contributed by atoms with Crippen molar-refractivity contribution >= 4 is 22.7 Å². The summed E-state index contributed by atoms with van der Waals surface area (Å²) in [6.45, 7) is 3.92. The molecule has 0 amide bonds. The van der Waals surface area contributed by atoms with Crippen LogP contribution in [0.25, 0.3) is 16.6 Å². The highest BCUT2D eigenvalue weighted by molar-refractivity contribution is 7.98. The smallest absolute Gasteiger partial charge is 0.300 e. The number of thioether (sulfide) groups is 1. The highest BCUT2D eigenvalue weighted by Gasteiger charge is 2.17. The van der Waals surface area contributed by atoms with Crippen LogP contribution in [0.4, 0.5) is 0 Å². The van der Waals surface area contributed by atoms with E-state index in [9.17, 15) is 14.4 Å². The topological polar surface area (TPSA) is 78.9 Å². The molecule has 4 aromatic rings. The molecule has 2 heterocycles. The number of rotatable bonds is 4. The summed E-state index contributed by atoms with van der Waals surface area (Å²) < 4.78 is 4.14. The molecule has 2 aromatic carbocycles. The molecule has 0 aliphatic carbocycles. The van der Waals surface area contributed by atoms with Crippen molar-refractivity contribution in [2.75, 3.05) is 0 Å². The molecule has 0 saturated carbocycles. The van der Waals surface area contributed by atoms with Gasteiger partial charge < -0.3 is 0 Å². The predicted molar refractivity (Wildman–Crippen MR) is 123 cm³/mol. The first-order chi connectivity index (χ1) is 14.8. The van der Waals surface area contributed by atoms with Crippen LogP contribution in [0.1, 0.15) is 16.8 Å². The van der Waals surface area contributed by atoms with Gasteiger partial charge in [-0.2, -0.15) is 0 Å². The van der Waals surface area contributed by atoms with Crippen molar-refractivity contribution in [3.8, 4) is 5.69 Å². The van der Waals surface area contributed by atoms with Gasteiger partial charge in [0, 0.05) is 31.6 Å². The van der Waals surface area contributed by atoms with Gasteiger partial charge in [0.15, 0.2) is 5.16 Å². The van der Waals surface area contributed by atoms with E-state index in [0.29, 0.717) is 27.5 Å². The molecule has 158 valence electrons. The number of hydrogen-bond donors (Lipinski definition) is 0. The second-order valence-corrected chi connectivity index (χ2v) is 8.40. The van der Waals surface area contributed by atoms with Gasteiger partial charge in [-0.1, -0.05) is 42.1 Å². The van der Waals surface area contributed by atoms with Gasteiger partial charge in [0.1, 0.15) is 0 Å². The summed E-state index contributed by atoms with van der Waals surface area (Å²) >= 11 is 1.32. The molecule has 0 radical (unpaired) electrons. The van der Waals surface area contributed by atoms with E-state index in [4.69, 9.17) is 4.98 Å². The zero-order valence-electron chi connectivity index (χ0n) is 17.7. The van der Waals surface area contributed by atoms with Crippen LogP contribution in [0.2, 0.25) is 0 Å². The first-order valence-corrected chi connectivity index (χ1v) is 10.7. The molecule has 0 saturated heterocycles. The van der Waals surface area contributed by atoms with Crippen LogP contribution in [0.15, 0.2) is 68.1 Å². The monoisotopic (exact) mass is 434 g/mol. The summed E-state index contributed by atoms with van der Waals surface area (Å²) in [6, 6.07) is 14.6. The predicted octanol–water partition coefficient (Wildman–Crippen LogP) is 2.69. The van der Waals surface area contributed by atoms with Gasteiger partial charge in [-0.25, -0.2) is 9.78 Å². The normalized spacial score (nSPS) is 11.2. The van der Waals surface area contributed by atoms with E-state index in [1.54, 1.807) is 17.7 Å². The molecule has 0 fully saturated rings. The zero-order chi connectivity index (χ0) is 22.3. The van der Waals surface area contributed by atoms with Gasteiger partial charge in [0.25, 0.3) is 11.1 Å². The number of fused-ring (bicyclic) bond motifs is 1. The molecule has 0 bridgehead atoms. The van der Waals surface area contributed by atoms with Crippen molar-refractivity contribution in [3.63, 3.8) is 0 Å². The molecule has 4 rings (SSSR count). The van der Waals surface area contributed by atoms with Crippen LogP contribution in [0, 0.1) is 13.8 Å². The van der Waals surface area contributed by atoms with Gasteiger partial charge in [-0.3, -0.25) is 23.3 Å². The summed E-state index contributed by atoms with van der Waals surface area (Å²) in [5.74, 6) is 0.317. The van der Waals surface area contributed by atoms with Gasteiger partial charge in [0.2, 0.25) is 0 Å². The maximum atomic E-state index is 13.5. The van der Waals surface area contributed by atoms with Crippen LogP contribution in [-0.4, -0.2) is 18.7 Å². The van der Waals surface area contributed by atoms with Crippen molar-refractivity contribution in [2.24, 2.45) is 14.1 Å². The Bertz CT molecular complexity index is 1480. The van der Waals surface area contributed by atoms with Crippen LogP contribution in [-0.2, 0) is 19.8 Å². The van der Waals surface area contributed by atoms with E-state index >= 15 is 0 Å². The van der Waals surface area contributed by atoms with E-state index in [2.05, 4.69) is 0 Å². The van der Waals surface area contributed by atoms with E-state index in [0.717, 1.165) is 21.4 Å². The molecule has 0 unspecified atom stereocenters. The molecule has 8 heteroatoms. The highest BCUT2D eigenvalue weighted by atomic mass is 32.2. The molecular formula is C23H22N4O3S. The molecule has 0 atom stereocenters. The van der Waals surface area contributed by atoms with Crippen molar-refractivity contribution in [1.82, 2.24) is 18.7 Å². The lowest BCUT2D eigenvalue weighted by Crippen LogP contribution is -2.37. The second-order valence-electron chi connectivity index (χ2n) is 7.46. The summed E-state index contributed by atoms with van der Waals surface area (Å²) in [5.41, 5.74) is 2.99. The SMILES string of the molecule is Cc1cccc(C)c1-n1c(SCc2cc(=O)n(C)c(=O)n2C)nc2ccccc2c1=O. The number of nitrogens with zero attached hydrogens (tertiary/aromatic N) is 4. The average Bonchev–Trinajstić information content (AvgIpc) is 2.75. The standard InChI is InChI=1S/C23H22N4O3S/c1-14-8-7-9-15(2)20(14)27-21(29)17-10-5-6-11-18(17)24-22(27)31-13-16-12-19(28)26(4)23(30)25(16)3/h5-12H,13H2,1-4H3. The molecule has 7 nitrogen and oxygen atoms in total. The number of aryl methyl sites for hydroxylation is 2. The Morgan fingerprint density at radius 2 is 1.58 bits per heavy atom. The van der Waals surface area contributed by atoms with Crippen molar-refractivity contribution in [1.29, 1.82) is 0 Å². The number of para-hydroxylation sites is 2. The largest absolute Gasteiger partial charge is 0.330 e. The fraction of sp³-hybridized carbons (Fsp3) is 0.217. The Labute approximate surface area is 182 Å². The number of aromatic nitrogens is 4. The van der Waals surface area contributed by atoms with Crippen LogP contribution < -0.4 is 16.8 Å². The number of hydrogen-bond acceptors (Lipinski definition) is 5. The second kappa shape index (κ2) is 8.03. The van der Waals surface area contributed by atoms with Crippen molar-refractivity contribution in [3.05, 3.63) is 96.5 Å². The van der Waals surface area contributed by atoms with Crippen molar-refractivity contribution in [2.45, 2.75) is 24.8 Å². The lowest BCUT2D eigenvalue weighted by atomic mass is 10.1. The lowest BCUT2D eigenvalue weighted by molar-refractivity contribution is 0.664. The Kier molecular flexibility index (Phi) is 5.41. The van der Waals surface area contributed by atoms with Crippen LogP contribution in [0.3, 0.4) is 0 Å². The molecule has 2 aromatic heterocycles. The lowest BCUT2D eigenvalue weighted by Gasteiger charge is -2.17. The molecule has 0 spiro atoms. The zero-order valence-corrected chi connectivity index (χ0v) is 18.6. The van der Waals surface area contributed by atoms with E-state index in [1.165, 1.54) is 29.4 Å². The Balaban J connectivity index is 1.91. The maximum absolute atomic E-state index is 13.5. The van der Waals surface area contributed by atoms with E-state index in [-0.39, 0.29) is 16.8 Å². The van der Waals surface area contributed by atoms with Gasteiger partial charge >= 0.3 is 5.69 Å². The number of benzene rings is 2. The fourth-order valence-corrected chi connectivity index (χ4v) is 4.64.